The molecule has 3 atom stereocenters. The van der Waals surface area contributed by atoms with Crippen LogP contribution in [0.15, 0.2) is 30.3 Å². The summed E-state index contributed by atoms with van der Waals surface area (Å²) < 4.78 is 15.0. The first-order valence-electron chi connectivity index (χ1n) is 10.1. The van der Waals surface area contributed by atoms with E-state index >= 15 is 0 Å². The van der Waals surface area contributed by atoms with Crippen LogP contribution in [0.4, 0.5) is 4.39 Å². The molecule has 3 heterocycles. The number of hydrogen-bond acceptors (Lipinski definition) is 4. The fraction of sp³-hybridized carbons (Fsp3) is 0.524. The van der Waals surface area contributed by atoms with E-state index in [1.807, 2.05) is 37.1 Å². The molecule has 2 fully saturated rings. The Morgan fingerprint density at radius 1 is 1.32 bits per heavy atom. The molecule has 2 N–H and O–H groups in total. The van der Waals surface area contributed by atoms with Gasteiger partial charge in [-0.3, -0.25) is 20.3 Å². The van der Waals surface area contributed by atoms with E-state index in [0.717, 1.165) is 50.2 Å². The Kier molecular flexibility index (Phi) is 5.46. The van der Waals surface area contributed by atoms with Gasteiger partial charge in [-0.25, -0.2) is 4.39 Å². The van der Waals surface area contributed by atoms with Crippen LogP contribution < -0.4 is 10.9 Å². The number of nitrogens with one attached hydrogen (secondary N) is 2. The second-order valence-corrected chi connectivity index (χ2v) is 7.86. The van der Waals surface area contributed by atoms with Crippen LogP contribution in [-0.4, -0.2) is 46.3 Å². The smallest absolute Gasteiger partial charge is 0.272 e. The summed E-state index contributed by atoms with van der Waals surface area (Å²) in [5.74, 6) is 0.464. The van der Waals surface area contributed by atoms with Crippen molar-refractivity contribution < 1.29 is 9.18 Å². The van der Waals surface area contributed by atoms with Crippen molar-refractivity contribution in [2.45, 2.75) is 38.1 Å². The van der Waals surface area contributed by atoms with E-state index in [-0.39, 0.29) is 23.7 Å². The third-order valence-corrected chi connectivity index (χ3v) is 6.09. The normalized spacial score (nSPS) is 25.2. The molecule has 2 aliphatic heterocycles. The molecule has 7 heteroatoms. The number of rotatable bonds is 4. The molecule has 0 radical (unpaired) electrons. The van der Waals surface area contributed by atoms with Gasteiger partial charge in [0.05, 0.1) is 5.69 Å². The molecular weight excluding hydrogens is 357 g/mol. The number of likely N-dealkylation sites (tertiary alicyclic amines) is 1. The molecule has 0 aliphatic carbocycles. The topological polar surface area (TPSA) is 62.2 Å². The molecule has 2 aliphatic rings. The zero-order chi connectivity index (χ0) is 19.7. The highest BCUT2D eigenvalue weighted by molar-refractivity contribution is 5.92. The summed E-state index contributed by atoms with van der Waals surface area (Å²) in [6, 6.07) is 8.91. The standard InChI is InChI=1S/C21H28FN5O/c1-3-17-11-19(26(2)25-17)21(28)27-10-4-5-15(13-27)20-18(12-23-24-20)14-6-8-16(22)9-7-14/h6-9,11,15,18,20,23-24H,3-5,10,12-13H2,1-2H3. The summed E-state index contributed by atoms with van der Waals surface area (Å²) in [5.41, 5.74) is 9.41. The average Bonchev–Trinajstić information content (AvgIpc) is 3.35. The molecule has 3 unspecified atom stereocenters. The van der Waals surface area contributed by atoms with Gasteiger partial charge in [-0.2, -0.15) is 5.10 Å². The van der Waals surface area contributed by atoms with Crippen LogP contribution in [-0.2, 0) is 13.5 Å². The van der Waals surface area contributed by atoms with E-state index in [1.54, 1.807) is 4.68 Å². The molecule has 1 amide bonds. The molecule has 0 spiro atoms. The van der Waals surface area contributed by atoms with Crippen molar-refractivity contribution >= 4 is 5.91 Å². The Hall–Kier alpha value is -2.25. The van der Waals surface area contributed by atoms with E-state index in [0.29, 0.717) is 11.6 Å². The van der Waals surface area contributed by atoms with Crippen LogP contribution in [0, 0.1) is 11.7 Å². The van der Waals surface area contributed by atoms with Crippen LogP contribution in [0.1, 0.15) is 47.4 Å². The Morgan fingerprint density at radius 2 is 2.11 bits per heavy atom. The second-order valence-electron chi connectivity index (χ2n) is 7.86. The number of benzene rings is 1. The summed E-state index contributed by atoms with van der Waals surface area (Å²) >= 11 is 0. The third kappa shape index (κ3) is 3.69. The fourth-order valence-electron chi connectivity index (χ4n) is 4.54. The summed E-state index contributed by atoms with van der Waals surface area (Å²) in [4.78, 5) is 15.1. The van der Waals surface area contributed by atoms with Crippen LogP contribution in [0.3, 0.4) is 0 Å². The average molecular weight is 385 g/mol. The van der Waals surface area contributed by atoms with Gasteiger partial charge in [-0.05, 0) is 48.9 Å². The van der Waals surface area contributed by atoms with Gasteiger partial charge in [0, 0.05) is 38.6 Å². The van der Waals surface area contributed by atoms with Crippen LogP contribution in [0.25, 0.3) is 0 Å². The lowest BCUT2D eigenvalue weighted by Crippen LogP contribution is -2.48. The van der Waals surface area contributed by atoms with Crippen LogP contribution >= 0.6 is 0 Å². The largest absolute Gasteiger partial charge is 0.337 e. The minimum Gasteiger partial charge on any atom is -0.337 e. The van der Waals surface area contributed by atoms with Gasteiger partial charge < -0.3 is 4.90 Å². The van der Waals surface area contributed by atoms with E-state index < -0.39 is 0 Å². The molecule has 2 aromatic rings. The molecule has 2 saturated heterocycles. The Balaban J connectivity index is 1.49. The van der Waals surface area contributed by atoms with Crippen LogP contribution in [0.5, 0.6) is 0 Å². The molecule has 1 aromatic heterocycles. The SMILES string of the molecule is CCc1cc(C(=O)N2CCCC(C3NNCC3c3ccc(F)cc3)C2)n(C)n1. The maximum atomic E-state index is 13.3. The van der Waals surface area contributed by atoms with Gasteiger partial charge in [0.1, 0.15) is 11.5 Å². The predicted molar refractivity (Wildman–Crippen MR) is 105 cm³/mol. The van der Waals surface area contributed by atoms with Crippen molar-refractivity contribution in [2.24, 2.45) is 13.0 Å². The van der Waals surface area contributed by atoms with Crippen molar-refractivity contribution in [3.8, 4) is 0 Å². The van der Waals surface area contributed by atoms with Crippen molar-refractivity contribution in [1.82, 2.24) is 25.5 Å². The van der Waals surface area contributed by atoms with E-state index in [1.165, 1.54) is 12.1 Å². The van der Waals surface area contributed by atoms with Gasteiger partial charge in [-0.1, -0.05) is 19.1 Å². The Bertz CT molecular complexity index is 834. The molecule has 0 saturated carbocycles. The molecule has 1 aromatic carbocycles. The number of halogens is 1. The van der Waals surface area contributed by atoms with E-state index in [2.05, 4.69) is 16.0 Å². The van der Waals surface area contributed by atoms with Crippen LogP contribution in [0.2, 0.25) is 0 Å². The van der Waals surface area contributed by atoms with Gasteiger partial charge >= 0.3 is 0 Å². The summed E-state index contributed by atoms with van der Waals surface area (Å²) in [6.45, 7) is 4.36. The van der Waals surface area contributed by atoms with E-state index in [4.69, 9.17) is 0 Å². The molecule has 150 valence electrons. The third-order valence-electron chi connectivity index (χ3n) is 6.09. The van der Waals surface area contributed by atoms with Crippen molar-refractivity contribution in [1.29, 1.82) is 0 Å². The highest BCUT2D eigenvalue weighted by Crippen LogP contribution is 2.32. The summed E-state index contributed by atoms with van der Waals surface area (Å²) in [7, 11) is 1.83. The molecule has 4 rings (SSSR count). The van der Waals surface area contributed by atoms with Gasteiger partial charge in [0.15, 0.2) is 0 Å². The second kappa shape index (κ2) is 8.01. The van der Waals surface area contributed by atoms with Crippen molar-refractivity contribution in [3.63, 3.8) is 0 Å². The Labute approximate surface area is 165 Å². The number of aromatic nitrogens is 2. The monoisotopic (exact) mass is 385 g/mol. The first kappa shape index (κ1) is 19.1. The summed E-state index contributed by atoms with van der Waals surface area (Å²) in [5, 5.41) is 4.42. The maximum absolute atomic E-state index is 13.3. The molecular formula is C21H28FN5O. The number of carbonyl (C=O) groups is 1. The lowest BCUT2D eigenvalue weighted by atomic mass is 9.81. The number of carbonyl (C=O) groups excluding carboxylic acids is 1. The van der Waals surface area contributed by atoms with Gasteiger partial charge in [-0.15, -0.1) is 0 Å². The number of hydrazine groups is 1. The maximum Gasteiger partial charge on any atom is 0.272 e. The van der Waals surface area contributed by atoms with Crippen molar-refractivity contribution in [2.75, 3.05) is 19.6 Å². The first-order valence-corrected chi connectivity index (χ1v) is 10.1. The Morgan fingerprint density at radius 3 is 2.82 bits per heavy atom. The molecule has 28 heavy (non-hydrogen) atoms. The highest BCUT2D eigenvalue weighted by atomic mass is 19.1. The minimum absolute atomic E-state index is 0.0590. The zero-order valence-electron chi connectivity index (χ0n) is 16.5. The number of aryl methyl sites for hydroxylation is 2. The number of amides is 1. The number of piperidine rings is 1. The number of hydrogen-bond donors (Lipinski definition) is 2. The molecule has 0 bridgehead atoms. The van der Waals surface area contributed by atoms with Gasteiger partial charge in [0.25, 0.3) is 5.91 Å². The fourth-order valence-corrected chi connectivity index (χ4v) is 4.54. The first-order chi connectivity index (χ1) is 13.6. The molecule has 6 nitrogen and oxygen atoms in total. The van der Waals surface area contributed by atoms with E-state index in [9.17, 15) is 9.18 Å². The van der Waals surface area contributed by atoms with Gasteiger partial charge in [0.2, 0.25) is 0 Å². The zero-order valence-corrected chi connectivity index (χ0v) is 16.5. The lowest BCUT2D eigenvalue weighted by molar-refractivity contribution is 0.0633. The number of nitrogens with zero attached hydrogens (tertiary/aromatic N) is 3. The summed E-state index contributed by atoms with van der Waals surface area (Å²) in [6.07, 6.45) is 2.89. The highest BCUT2D eigenvalue weighted by Gasteiger charge is 2.38. The lowest BCUT2D eigenvalue weighted by Gasteiger charge is -2.37. The van der Waals surface area contributed by atoms with Crippen molar-refractivity contribution in [3.05, 3.63) is 53.1 Å². The quantitative estimate of drug-likeness (QED) is 0.847. The predicted octanol–water partition coefficient (Wildman–Crippen LogP) is 2.23. The minimum atomic E-state index is -0.212.